The minimum absolute atomic E-state index is 0.00222. The number of ketones is 1. The Kier molecular flexibility index (Phi) is 3.23. The fourth-order valence-corrected chi connectivity index (χ4v) is 1.52. The Labute approximate surface area is 104 Å². The van der Waals surface area contributed by atoms with Crippen molar-refractivity contribution in [3.63, 3.8) is 0 Å². The first kappa shape index (κ1) is 12.0. The van der Waals surface area contributed by atoms with E-state index in [2.05, 4.69) is 10.4 Å². The number of Topliss-reactive ketones (excluding diaryl/α,β-unsaturated/α-hetero) is 1. The number of carbonyl (C=O) groups is 2. The van der Waals surface area contributed by atoms with Gasteiger partial charge in [-0.2, -0.15) is 5.10 Å². The first-order chi connectivity index (χ1) is 8.56. The van der Waals surface area contributed by atoms with Crippen LogP contribution in [0, 0.1) is 0 Å². The number of aryl methyl sites for hydroxylation is 1. The van der Waals surface area contributed by atoms with Crippen molar-refractivity contribution in [2.75, 3.05) is 5.32 Å². The Bertz CT molecular complexity index is 585. The third-order valence-corrected chi connectivity index (χ3v) is 2.50. The number of amides is 1. The summed E-state index contributed by atoms with van der Waals surface area (Å²) in [5.41, 5.74) is 1.61. The van der Waals surface area contributed by atoms with Gasteiger partial charge >= 0.3 is 0 Å². The summed E-state index contributed by atoms with van der Waals surface area (Å²) in [4.78, 5) is 22.9. The van der Waals surface area contributed by atoms with Crippen LogP contribution in [-0.4, -0.2) is 21.5 Å². The van der Waals surface area contributed by atoms with Crippen molar-refractivity contribution in [3.05, 3.63) is 47.8 Å². The van der Waals surface area contributed by atoms with Crippen LogP contribution in [0.2, 0.25) is 0 Å². The minimum atomic E-state index is -0.272. The van der Waals surface area contributed by atoms with Crippen molar-refractivity contribution < 1.29 is 9.59 Å². The Morgan fingerprint density at radius 1 is 1.17 bits per heavy atom. The number of carbonyl (C=O) groups excluding carboxylic acids is 2. The van der Waals surface area contributed by atoms with Crippen LogP contribution in [0.4, 0.5) is 5.69 Å². The predicted molar refractivity (Wildman–Crippen MR) is 67.6 cm³/mol. The summed E-state index contributed by atoms with van der Waals surface area (Å²) in [5.74, 6) is -0.274. The third kappa shape index (κ3) is 2.63. The van der Waals surface area contributed by atoms with Crippen LogP contribution in [0.25, 0.3) is 0 Å². The van der Waals surface area contributed by atoms with E-state index in [1.165, 1.54) is 6.92 Å². The van der Waals surface area contributed by atoms with E-state index in [9.17, 15) is 9.59 Å². The van der Waals surface area contributed by atoms with Crippen LogP contribution in [0.1, 0.15) is 27.8 Å². The molecule has 1 aromatic heterocycles. The van der Waals surface area contributed by atoms with Crippen LogP contribution >= 0.6 is 0 Å². The molecule has 0 unspecified atom stereocenters. The molecule has 0 bridgehead atoms. The highest BCUT2D eigenvalue weighted by molar-refractivity contribution is 6.03. The topological polar surface area (TPSA) is 64.0 Å². The van der Waals surface area contributed by atoms with Crippen LogP contribution in [0.3, 0.4) is 0 Å². The lowest BCUT2D eigenvalue weighted by molar-refractivity contribution is 0.101. The molecule has 0 aliphatic rings. The van der Waals surface area contributed by atoms with E-state index in [0.29, 0.717) is 16.9 Å². The SMILES string of the molecule is CC(=O)c1ccc(NC(=O)c2ccn(C)n2)cc1. The molecule has 92 valence electrons. The number of aromatic nitrogens is 2. The molecule has 0 spiro atoms. The van der Waals surface area contributed by atoms with Gasteiger partial charge in [-0.3, -0.25) is 14.3 Å². The van der Waals surface area contributed by atoms with E-state index < -0.39 is 0 Å². The molecule has 0 aliphatic carbocycles. The smallest absolute Gasteiger partial charge is 0.276 e. The number of hydrogen-bond donors (Lipinski definition) is 1. The van der Waals surface area contributed by atoms with Gasteiger partial charge < -0.3 is 5.32 Å². The lowest BCUT2D eigenvalue weighted by Gasteiger charge is -2.03. The van der Waals surface area contributed by atoms with E-state index in [4.69, 9.17) is 0 Å². The Morgan fingerprint density at radius 2 is 1.83 bits per heavy atom. The molecular weight excluding hydrogens is 230 g/mol. The zero-order chi connectivity index (χ0) is 13.1. The summed E-state index contributed by atoms with van der Waals surface area (Å²) in [6.45, 7) is 1.50. The molecule has 1 amide bonds. The highest BCUT2D eigenvalue weighted by Crippen LogP contribution is 2.11. The van der Waals surface area contributed by atoms with Crippen molar-refractivity contribution in [1.82, 2.24) is 9.78 Å². The zero-order valence-electron chi connectivity index (χ0n) is 10.2. The maximum atomic E-state index is 11.8. The van der Waals surface area contributed by atoms with Gasteiger partial charge in [0.1, 0.15) is 0 Å². The molecule has 0 saturated carbocycles. The largest absolute Gasteiger partial charge is 0.321 e. The summed E-state index contributed by atoms with van der Waals surface area (Å²) >= 11 is 0. The second-order valence-corrected chi connectivity index (χ2v) is 3.96. The highest BCUT2D eigenvalue weighted by atomic mass is 16.2. The molecule has 2 aromatic rings. The molecule has 5 nitrogen and oxygen atoms in total. The van der Waals surface area contributed by atoms with Gasteiger partial charge in [0.05, 0.1) is 0 Å². The van der Waals surface area contributed by atoms with Gasteiger partial charge in [-0.15, -0.1) is 0 Å². The van der Waals surface area contributed by atoms with Gasteiger partial charge in [0.15, 0.2) is 11.5 Å². The summed E-state index contributed by atoms with van der Waals surface area (Å²) in [7, 11) is 1.75. The molecule has 5 heteroatoms. The number of nitrogens with zero attached hydrogens (tertiary/aromatic N) is 2. The molecule has 0 saturated heterocycles. The number of rotatable bonds is 3. The molecule has 1 heterocycles. The lowest BCUT2D eigenvalue weighted by atomic mass is 10.1. The Hall–Kier alpha value is -2.43. The van der Waals surface area contributed by atoms with E-state index in [1.807, 2.05) is 0 Å². The Balaban J connectivity index is 2.10. The maximum Gasteiger partial charge on any atom is 0.276 e. The van der Waals surface area contributed by atoms with Gasteiger partial charge in [-0.05, 0) is 37.3 Å². The number of nitrogens with one attached hydrogen (secondary N) is 1. The quantitative estimate of drug-likeness (QED) is 0.837. The highest BCUT2D eigenvalue weighted by Gasteiger charge is 2.09. The molecule has 0 aliphatic heterocycles. The van der Waals surface area contributed by atoms with Gasteiger partial charge in [-0.25, -0.2) is 0 Å². The minimum Gasteiger partial charge on any atom is -0.321 e. The summed E-state index contributed by atoms with van der Waals surface area (Å²) in [6, 6.07) is 8.38. The van der Waals surface area contributed by atoms with Crippen LogP contribution in [-0.2, 0) is 7.05 Å². The first-order valence-corrected chi connectivity index (χ1v) is 5.48. The second kappa shape index (κ2) is 4.83. The molecule has 0 radical (unpaired) electrons. The van der Waals surface area contributed by atoms with Crippen LogP contribution in [0.5, 0.6) is 0 Å². The number of benzene rings is 1. The molecule has 2 rings (SSSR count). The van der Waals surface area contributed by atoms with Crippen molar-refractivity contribution in [2.45, 2.75) is 6.92 Å². The van der Waals surface area contributed by atoms with Crippen molar-refractivity contribution in [1.29, 1.82) is 0 Å². The van der Waals surface area contributed by atoms with Gasteiger partial charge in [0, 0.05) is 24.5 Å². The molecular formula is C13H13N3O2. The molecule has 0 fully saturated rings. The molecule has 1 aromatic carbocycles. The maximum absolute atomic E-state index is 11.8. The average molecular weight is 243 g/mol. The molecule has 0 atom stereocenters. The fraction of sp³-hybridized carbons (Fsp3) is 0.154. The van der Waals surface area contributed by atoms with Gasteiger partial charge in [0.2, 0.25) is 0 Å². The Morgan fingerprint density at radius 3 is 2.33 bits per heavy atom. The average Bonchev–Trinajstić information content (AvgIpc) is 2.76. The summed E-state index contributed by atoms with van der Waals surface area (Å²) < 4.78 is 1.56. The standard InChI is InChI=1S/C13H13N3O2/c1-9(17)10-3-5-11(6-4-10)14-13(18)12-7-8-16(2)15-12/h3-8H,1-2H3,(H,14,18). The fourth-order valence-electron chi connectivity index (χ4n) is 1.52. The number of anilines is 1. The van der Waals surface area contributed by atoms with E-state index in [-0.39, 0.29) is 11.7 Å². The van der Waals surface area contributed by atoms with E-state index in [0.717, 1.165) is 0 Å². The first-order valence-electron chi connectivity index (χ1n) is 5.48. The summed E-state index contributed by atoms with van der Waals surface area (Å²) in [5, 5.41) is 6.71. The van der Waals surface area contributed by atoms with Crippen molar-refractivity contribution in [2.24, 2.45) is 7.05 Å². The number of hydrogen-bond acceptors (Lipinski definition) is 3. The molecule has 18 heavy (non-hydrogen) atoms. The van der Waals surface area contributed by atoms with Crippen molar-refractivity contribution in [3.8, 4) is 0 Å². The monoisotopic (exact) mass is 243 g/mol. The zero-order valence-corrected chi connectivity index (χ0v) is 10.2. The van der Waals surface area contributed by atoms with Crippen LogP contribution < -0.4 is 5.32 Å². The third-order valence-electron chi connectivity index (χ3n) is 2.50. The predicted octanol–water partition coefficient (Wildman–Crippen LogP) is 1.88. The van der Waals surface area contributed by atoms with Crippen LogP contribution in [0.15, 0.2) is 36.5 Å². The lowest BCUT2D eigenvalue weighted by Crippen LogP contribution is -2.13. The van der Waals surface area contributed by atoms with E-state index in [1.54, 1.807) is 48.3 Å². The van der Waals surface area contributed by atoms with Crippen molar-refractivity contribution >= 4 is 17.4 Å². The van der Waals surface area contributed by atoms with Gasteiger partial charge in [0.25, 0.3) is 5.91 Å². The van der Waals surface area contributed by atoms with Gasteiger partial charge in [-0.1, -0.05) is 0 Å². The second-order valence-electron chi connectivity index (χ2n) is 3.96. The normalized spacial score (nSPS) is 10.1. The molecule has 1 N–H and O–H groups in total. The summed E-state index contributed by atoms with van der Waals surface area (Å²) in [6.07, 6.45) is 1.70. The van der Waals surface area contributed by atoms with E-state index >= 15 is 0 Å².